The largest absolute Gasteiger partial charge is 0.497 e. The molecule has 7 nitrogen and oxygen atoms in total. The predicted molar refractivity (Wildman–Crippen MR) is 78.7 cm³/mol. The van der Waals surface area contributed by atoms with Crippen molar-refractivity contribution in [2.75, 3.05) is 7.11 Å². The van der Waals surface area contributed by atoms with Gasteiger partial charge in [0.1, 0.15) is 11.3 Å². The topological polar surface area (TPSA) is 95.5 Å². The Labute approximate surface area is 125 Å². The molecule has 7 heteroatoms. The molecule has 22 heavy (non-hydrogen) atoms. The Bertz CT molecular complexity index is 788. The predicted octanol–water partition coefficient (Wildman–Crippen LogP) is 2.91. The highest BCUT2D eigenvalue weighted by Crippen LogP contribution is 2.24. The minimum atomic E-state index is -0.689. The van der Waals surface area contributed by atoms with Crippen LogP contribution in [0.4, 0.5) is 11.4 Å². The zero-order valence-electron chi connectivity index (χ0n) is 11.5. The summed E-state index contributed by atoms with van der Waals surface area (Å²) >= 11 is 0. The second-order valence-electron chi connectivity index (χ2n) is 4.19. The molecule has 0 aliphatic rings. The molecule has 0 N–H and O–H groups in total. The Balaban J connectivity index is 2.38. The van der Waals surface area contributed by atoms with Crippen LogP contribution in [0.25, 0.3) is 0 Å². The van der Waals surface area contributed by atoms with Crippen LogP contribution in [0.5, 0.6) is 5.75 Å². The zero-order valence-corrected chi connectivity index (χ0v) is 11.5. The average molecular weight is 298 g/mol. The molecule has 2 aromatic rings. The van der Waals surface area contributed by atoms with Gasteiger partial charge in [0, 0.05) is 11.6 Å². The van der Waals surface area contributed by atoms with Crippen molar-refractivity contribution in [1.82, 2.24) is 0 Å². The summed E-state index contributed by atoms with van der Waals surface area (Å²) in [4.78, 5) is 20.3. The van der Waals surface area contributed by atoms with E-state index in [1.165, 1.54) is 12.1 Å². The van der Waals surface area contributed by atoms with Gasteiger partial charge in [0.25, 0.3) is 11.4 Å². The number of rotatable bonds is 3. The standard InChI is InChI=1S/C15H10N2O5/c1-22-14-8-3-11(4-9-14)2-5-12-6-7-13(16(18)19)10-15(12)17(20)21/h3-4,6-10H,1H3. The van der Waals surface area contributed by atoms with Crippen LogP contribution in [0, 0.1) is 32.1 Å². The number of ether oxygens (including phenoxy) is 1. The van der Waals surface area contributed by atoms with Crippen LogP contribution in [0.15, 0.2) is 42.5 Å². The molecule has 0 aliphatic carbocycles. The quantitative estimate of drug-likeness (QED) is 0.493. The van der Waals surface area contributed by atoms with E-state index in [0.29, 0.717) is 11.3 Å². The van der Waals surface area contributed by atoms with Crippen LogP contribution >= 0.6 is 0 Å². The van der Waals surface area contributed by atoms with Gasteiger partial charge in [-0.1, -0.05) is 11.8 Å². The van der Waals surface area contributed by atoms with Gasteiger partial charge in [0.2, 0.25) is 0 Å². The number of nitro groups is 2. The van der Waals surface area contributed by atoms with Gasteiger partial charge in [-0.2, -0.15) is 0 Å². The molecule has 0 aliphatic heterocycles. The van der Waals surface area contributed by atoms with E-state index in [4.69, 9.17) is 4.74 Å². The monoisotopic (exact) mass is 298 g/mol. The minimum Gasteiger partial charge on any atom is -0.497 e. The first kappa shape index (κ1) is 15.0. The number of benzene rings is 2. The number of nitro benzene ring substituents is 2. The summed E-state index contributed by atoms with van der Waals surface area (Å²) in [6.45, 7) is 0. The van der Waals surface area contributed by atoms with Crippen LogP contribution in [-0.2, 0) is 0 Å². The van der Waals surface area contributed by atoms with Crippen molar-refractivity contribution in [1.29, 1.82) is 0 Å². The van der Waals surface area contributed by atoms with Crippen molar-refractivity contribution < 1.29 is 14.6 Å². The van der Waals surface area contributed by atoms with Crippen molar-refractivity contribution in [2.45, 2.75) is 0 Å². The number of non-ortho nitro benzene ring substituents is 1. The minimum absolute atomic E-state index is 0.117. The normalized spacial score (nSPS) is 9.50. The third-order valence-electron chi connectivity index (χ3n) is 2.82. The van der Waals surface area contributed by atoms with Crippen LogP contribution in [0.1, 0.15) is 11.1 Å². The Hall–Kier alpha value is -3.40. The molecular weight excluding hydrogens is 288 g/mol. The number of hydrogen-bond donors (Lipinski definition) is 0. The summed E-state index contributed by atoms with van der Waals surface area (Å²) < 4.78 is 5.02. The summed E-state index contributed by atoms with van der Waals surface area (Å²) in [5.74, 6) is 6.11. The van der Waals surface area contributed by atoms with E-state index in [-0.39, 0.29) is 11.3 Å². The molecule has 2 rings (SSSR count). The molecule has 0 amide bonds. The maximum Gasteiger partial charge on any atom is 0.291 e. The molecule has 0 radical (unpaired) electrons. The molecule has 0 aromatic heterocycles. The number of methoxy groups -OCH3 is 1. The first-order chi connectivity index (χ1) is 10.5. The van der Waals surface area contributed by atoms with E-state index < -0.39 is 15.5 Å². The summed E-state index contributed by atoms with van der Waals surface area (Å²) in [6.07, 6.45) is 0. The first-order valence-electron chi connectivity index (χ1n) is 6.10. The fraction of sp³-hybridized carbons (Fsp3) is 0.0667. The average Bonchev–Trinajstić information content (AvgIpc) is 2.53. The van der Waals surface area contributed by atoms with Gasteiger partial charge in [0.15, 0.2) is 0 Å². The van der Waals surface area contributed by atoms with Crippen molar-refractivity contribution >= 4 is 11.4 Å². The summed E-state index contributed by atoms with van der Waals surface area (Å²) in [5.41, 5.74) is 0.0248. The third-order valence-corrected chi connectivity index (χ3v) is 2.82. The number of nitrogens with zero attached hydrogens (tertiary/aromatic N) is 2. The van der Waals surface area contributed by atoms with Crippen molar-refractivity contribution in [2.24, 2.45) is 0 Å². The Morgan fingerprint density at radius 2 is 1.64 bits per heavy atom. The van der Waals surface area contributed by atoms with E-state index in [0.717, 1.165) is 6.07 Å². The van der Waals surface area contributed by atoms with Gasteiger partial charge in [0.05, 0.1) is 23.0 Å². The fourth-order valence-corrected chi connectivity index (χ4v) is 1.70. The van der Waals surface area contributed by atoms with Crippen molar-refractivity contribution in [3.05, 3.63) is 73.8 Å². The number of hydrogen-bond acceptors (Lipinski definition) is 5. The molecule has 0 heterocycles. The molecule has 0 bridgehead atoms. The lowest BCUT2D eigenvalue weighted by Gasteiger charge is -1.98. The van der Waals surface area contributed by atoms with Gasteiger partial charge < -0.3 is 4.74 Å². The second-order valence-corrected chi connectivity index (χ2v) is 4.19. The van der Waals surface area contributed by atoms with Crippen LogP contribution in [0.2, 0.25) is 0 Å². The van der Waals surface area contributed by atoms with Crippen LogP contribution in [-0.4, -0.2) is 17.0 Å². The molecule has 0 unspecified atom stereocenters. The summed E-state index contributed by atoms with van der Waals surface area (Å²) in [5, 5.41) is 21.7. The van der Waals surface area contributed by atoms with E-state index in [1.54, 1.807) is 31.4 Å². The van der Waals surface area contributed by atoms with Gasteiger partial charge in [-0.05, 0) is 30.3 Å². The molecular formula is C15H10N2O5. The molecule has 2 aromatic carbocycles. The van der Waals surface area contributed by atoms with Gasteiger partial charge in [-0.15, -0.1) is 0 Å². The molecule has 0 atom stereocenters. The van der Waals surface area contributed by atoms with Gasteiger partial charge in [-0.3, -0.25) is 20.2 Å². The fourth-order valence-electron chi connectivity index (χ4n) is 1.70. The Kier molecular flexibility index (Phi) is 4.34. The second kappa shape index (κ2) is 6.37. The lowest BCUT2D eigenvalue weighted by molar-refractivity contribution is -0.394. The maximum atomic E-state index is 11.0. The summed E-state index contributed by atoms with van der Waals surface area (Å²) in [7, 11) is 1.54. The molecule has 0 fully saturated rings. The smallest absolute Gasteiger partial charge is 0.291 e. The Morgan fingerprint density at radius 1 is 0.955 bits per heavy atom. The zero-order chi connectivity index (χ0) is 16.1. The van der Waals surface area contributed by atoms with Crippen LogP contribution < -0.4 is 4.74 Å². The highest BCUT2D eigenvalue weighted by Gasteiger charge is 2.18. The SMILES string of the molecule is COc1ccc(C#Cc2ccc([N+](=O)[O-])cc2[N+](=O)[O-])cc1. The Morgan fingerprint density at radius 3 is 2.18 bits per heavy atom. The lowest BCUT2D eigenvalue weighted by Crippen LogP contribution is -1.95. The van der Waals surface area contributed by atoms with Crippen molar-refractivity contribution in [3.8, 4) is 17.6 Å². The molecule has 0 spiro atoms. The molecule has 0 saturated carbocycles. The van der Waals surface area contributed by atoms with E-state index in [2.05, 4.69) is 11.8 Å². The van der Waals surface area contributed by atoms with Gasteiger partial charge >= 0.3 is 0 Å². The third kappa shape index (κ3) is 3.37. The van der Waals surface area contributed by atoms with Crippen molar-refractivity contribution in [3.63, 3.8) is 0 Å². The summed E-state index contributed by atoms with van der Waals surface area (Å²) in [6, 6.07) is 10.2. The van der Waals surface area contributed by atoms with E-state index in [1.807, 2.05) is 0 Å². The van der Waals surface area contributed by atoms with E-state index >= 15 is 0 Å². The van der Waals surface area contributed by atoms with E-state index in [9.17, 15) is 20.2 Å². The van der Waals surface area contributed by atoms with Gasteiger partial charge in [-0.25, -0.2) is 0 Å². The highest BCUT2D eigenvalue weighted by atomic mass is 16.6. The first-order valence-corrected chi connectivity index (χ1v) is 6.10. The molecule has 0 saturated heterocycles. The lowest BCUT2D eigenvalue weighted by atomic mass is 10.1. The maximum absolute atomic E-state index is 11.0. The molecule has 110 valence electrons. The highest BCUT2D eigenvalue weighted by molar-refractivity contribution is 5.58. The van der Waals surface area contributed by atoms with Crippen LogP contribution in [0.3, 0.4) is 0 Å².